The molecule has 1 saturated heterocycles. The van der Waals surface area contributed by atoms with Crippen LogP contribution in [0, 0.1) is 0 Å². The summed E-state index contributed by atoms with van der Waals surface area (Å²) in [5.41, 5.74) is 0.878. The molecule has 1 aliphatic rings. The summed E-state index contributed by atoms with van der Waals surface area (Å²) in [6, 6.07) is 11.6. The van der Waals surface area contributed by atoms with Crippen molar-refractivity contribution in [1.82, 2.24) is 10.3 Å². The van der Waals surface area contributed by atoms with Gasteiger partial charge in [0.2, 0.25) is 5.88 Å². The Morgan fingerprint density at radius 3 is 2.94 bits per heavy atom. The Morgan fingerprint density at radius 2 is 2.12 bits per heavy atom. The van der Waals surface area contributed by atoms with Crippen LogP contribution in [-0.4, -0.2) is 23.5 Å². The summed E-state index contributed by atoms with van der Waals surface area (Å²) in [6.07, 6.45) is 0.302. The molecule has 0 spiro atoms. The van der Waals surface area contributed by atoms with Gasteiger partial charge in [-0.2, -0.15) is 0 Å². The third kappa shape index (κ3) is 1.93. The van der Waals surface area contributed by atoms with Gasteiger partial charge in [0.1, 0.15) is 0 Å². The fraction of sp³-hybridized carbons (Fsp3) is 0.231. The van der Waals surface area contributed by atoms with Gasteiger partial charge in [0.05, 0.1) is 5.52 Å². The molecule has 1 aliphatic heterocycles. The molecule has 1 amide bonds. The zero-order chi connectivity index (χ0) is 11.7. The molecule has 3 rings (SSSR count). The first kappa shape index (κ1) is 10.1. The lowest BCUT2D eigenvalue weighted by Crippen LogP contribution is -2.27. The number of benzene rings is 1. The lowest BCUT2D eigenvalue weighted by molar-refractivity contribution is -0.125. The van der Waals surface area contributed by atoms with Crippen molar-refractivity contribution < 1.29 is 9.53 Å². The molecule has 1 N–H and O–H groups in total. The van der Waals surface area contributed by atoms with Crippen LogP contribution in [0.15, 0.2) is 36.4 Å². The Bertz CT molecular complexity index is 568. The van der Waals surface area contributed by atoms with Gasteiger partial charge in [0.15, 0.2) is 6.10 Å². The number of pyridine rings is 1. The fourth-order valence-corrected chi connectivity index (χ4v) is 1.94. The van der Waals surface area contributed by atoms with Gasteiger partial charge in [0.25, 0.3) is 5.91 Å². The highest BCUT2D eigenvalue weighted by Crippen LogP contribution is 2.18. The van der Waals surface area contributed by atoms with Gasteiger partial charge < -0.3 is 10.1 Å². The minimum absolute atomic E-state index is 0.0556. The smallest absolute Gasteiger partial charge is 0.261 e. The number of ether oxygens (including phenoxy) is 1. The molecule has 86 valence electrons. The first-order valence-corrected chi connectivity index (χ1v) is 5.63. The molecule has 1 aromatic heterocycles. The maximum atomic E-state index is 11.4. The SMILES string of the molecule is O=C1NCCC1Oc1ccc2ccccc2n1. The van der Waals surface area contributed by atoms with E-state index in [2.05, 4.69) is 10.3 Å². The van der Waals surface area contributed by atoms with Crippen LogP contribution in [0.5, 0.6) is 5.88 Å². The molecule has 4 nitrogen and oxygen atoms in total. The van der Waals surface area contributed by atoms with Crippen molar-refractivity contribution >= 4 is 16.8 Å². The number of carbonyl (C=O) groups is 1. The van der Waals surface area contributed by atoms with Crippen molar-refractivity contribution in [3.63, 3.8) is 0 Å². The monoisotopic (exact) mass is 228 g/mol. The first-order valence-electron chi connectivity index (χ1n) is 5.63. The Labute approximate surface area is 98.6 Å². The summed E-state index contributed by atoms with van der Waals surface area (Å²) >= 11 is 0. The predicted octanol–water partition coefficient (Wildman–Crippen LogP) is 1.50. The van der Waals surface area contributed by atoms with Crippen LogP contribution in [0.2, 0.25) is 0 Å². The van der Waals surface area contributed by atoms with E-state index in [1.54, 1.807) is 6.07 Å². The number of carbonyl (C=O) groups excluding carboxylic acids is 1. The Morgan fingerprint density at radius 1 is 1.24 bits per heavy atom. The van der Waals surface area contributed by atoms with Crippen LogP contribution in [0.3, 0.4) is 0 Å². The van der Waals surface area contributed by atoms with Crippen molar-refractivity contribution in [2.24, 2.45) is 0 Å². The van der Waals surface area contributed by atoms with Crippen LogP contribution in [0.25, 0.3) is 10.9 Å². The van der Waals surface area contributed by atoms with E-state index < -0.39 is 6.10 Å². The van der Waals surface area contributed by atoms with Crippen molar-refractivity contribution in [1.29, 1.82) is 0 Å². The largest absolute Gasteiger partial charge is 0.464 e. The molecule has 1 unspecified atom stereocenters. The van der Waals surface area contributed by atoms with Gasteiger partial charge in [-0.25, -0.2) is 4.98 Å². The van der Waals surface area contributed by atoms with E-state index >= 15 is 0 Å². The predicted molar refractivity (Wildman–Crippen MR) is 63.8 cm³/mol. The van der Waals surface area contributed by atoms with Crippen LogP contribution < -0.4 is 10.1 Å². The molecule has 2 aromatic rings. The number of hydrogen-bond donors (Lipinski definition) is 1. The van der Waals surface area contributed by atoms with Gasteiger partial charge in [-0.05, 0) is 12.1 Å². The Kier molecular flexibility index (Phi) is 2.40. The normalized spacial score (nSPS) is 19.3. The molecular weight excluding hydrogens is 216 g/mol. The van der Waals surface area contributed by atoms with E-state index in [9.17, 15) is 4.79 Å². The van der Waals surface area contributed by atoms with Crippen LogP contribution in [-0.2, 0) is 4.79 Å². The van der Waals surface area contributed by atoms with Gasteiger partial charge in [-0.1, -0.05) is 18.2 Å². The van der Waals surface area contributed by atoms with Crippen molar-refractivity contribution in [3.8, 4) is 5.88 Å². The van der Waals surface area contributed by atoms with E-state index in [1.807, 2.05) is 30.3 Å². The number of para-hydroxylation sites is 1. The van der Waals surface area contributed by atoms with Gasteiger partial charge in [-0.15, -0.1) is 0 Å². The van der Waals surface area contributed by atoms with E-state index in [0.717, 1.165) is 10.9 Å². The molecule has 2 heterocycles. The minimum atomic E-state index is -0.399. The number of nitrogens with zero attached hydrogens (tertiary/aromatic N) is 1. The third-order valence-electron chi connectivity index (χ3n) is 2.83. The van der Waals surface area contributed by atoms with Crippen LogP contribution in [0.1, 0.15) is 6.42 Å². The Hall–Kier alpha value is -2.10. The highest BCUT2D eigenvalue weighted by molar-refractivity contribution is 5.83. The average Bonchev–Trinajstić information content (AvgIpc) is 2.75. The van der Waals surface area contributed by atoms with E-state index in [4.69, 9.17) is 4.74 Å². The summed E-state index contributed by atoms with van der Waals surface area (Å²) in [5.74, 6) is 0.450. The highest BCUT2D eigenvalue weighted by Gasteiger charge is 2.26. The second-order valence-electron chi connectivity index (χ2n) is 4.03. The molecule has 0 radical (unpaired) electrons. The maximum Gasteiger partial charge on any atom is 0.261 e. The zero-order valence-corrected chi connectivity index (χ0v) is 9.22. The molecule has 1 atom stereocenters. The van der Waals surface area contributed by atoms with Gasteiger partial charge in [0, 0.05) is 24.4 Å². The Balaban J connectivity index is 1.88. The fourth-order valence-electron chi connectivity index (χ4n) is 1.94. The highest BCUT2D eigenvalue weighted by atomic mass is 16.5. The summed E-state index contributed by atoms with van der Waals surface area (Å²) in [7, 11) is 0. The first-order chi connectivity index (χ1) is 8.33. The number of nitrogens with one attached hydrogen (secondary N) is 1. The second-order valence-corrected chi connectivity index (χ2v) is 4.03. The summed E-state index contributed by atoms with van der Waals surface area (Å²) in [6.45, 7) is 0.678. The minimum Gasteiger partial charge on any atom is -0.464 e. The number of fused-ring (bicyclic) bond motifs is 1. The lowest BCUT2D eigenvalue weighted by Gasteiger charge is -2.10. The lowest BCUT2D eigenvalue weighted by atomic mass is 10.2. The van der Waals surface area contributed by atoms with Crippen molar-refractivity contribution in [2.45, 2.75) is 12.5 Å². The molecule has 4 heteroatoms. The number of rotatable bonds is 2. The van der Waals surface area contributed by atoms with E-state index in [1.165, 1.54) is 0 Å². The van der Waals surface area contributed by atoms with Crippen LogP contribution >= 0.6 is 0 Å². The molecule has 0 aliphatic carbocycles. The molecular formula is C13H12N2O2. The van der Waals surface area contributed by atoms with Crippen molar-refractivity contribution in [2.75, 3.05) is 6.54 Å². The average molecular weight is 228 g/mol. The topological polar surface area (TPSA) is 51.2 Å². The third-order valence-corrected chi connectivity index (χ3v) is 2.83. The van der Waals surface area contributed by atoms with Crippen LogP contribution in [0.4, 0.5) is 0 Å². The molecule has 0 bridgehead atoms. The summed E-state index contributed by atoms with van der Waals surface area (Å²) in [4.78, 5) is 15.7. The number of aromatic nitrogens is 1. The molecule has 0 saturated carbocycles. The second kappa shape index (κ2) is 4.05. The maximum absolute atomic E-state index is 11.4. The molecule has 17 heavy (non-hydrogen) atoms. The van der Waals surface area contributed by atoms with Gasteiger partial charge in [-0.3, -0.25) is 4.79 Å². The summed E-state index contributed by atoms with van der Waals surface area (Å²) < 4.78 is 5.57. The van der Waals surface area contributed by atoms with Crippen molar-refractivity contribution in [3.05, 3.63) is 36.4 Å². The molecule has 1 aromatic carbocycles. The number of amides is 1. The summed E-state index contributed by atoms with van der Waals surface area (Å²) in [5, 5.41) is 3.80. The van der Waals surface area contributed by atoms with Gasteiger partial charge >= 0.3 is 0 Å². The van der Waals surface area contributed by atoms with E-state index in [-0.39, 0.29) is 5.91 Å². The zero-order valence-electron chi connectivity index (χ0n) is 9.22. The molecule has 1 fully saturated rings. The van der Waals surface area contributed by atoms with E-state index in [0.29, 0.717) is 18.8 Å². The quantitative estimate of drug-likeness (QED) is 0.847. The standard InChI is InChI=1S/C13H12N2O2/c16-13-11(7-8-14-13)17-12-6-5-9-3-1-2-4-10(9)15-12/h1-6,11H,7-8H2,(H,14,16). The number of hydrogen-bond acceptors (Lipinski definition) is 3.